The molecular weight excluding hydrogens is 372 g/mol. The molecule has 3 atom stereocenters. The van der Waals surface area contributed by atoms with Crippen molar-refractivity contribution in [3.63, 3.8) is 0 Å². The van der Waals surface area contributed by atoms with E-state index in [1.165, 1.54) is 6.92 Å². The van der Waals surface area contributed by atoms with Crippen LogP contribution in [0.25, 0.3) is 11.0 Å². The van der Waals surface area contributed by atoms with Crippen molar-refractivity contribution in [1.82, 2.24) is 9.55 Å². The fourth-order valence-corrected chi connectivity index (χ4v) is 3.68. The van der Waals surface area contributed by atoms with Gasteiger partial charge in [0, 0.05) is 12.1 Å². The molecule has 0 amide bonds. The topological polar surface area (TPSA) is 145 Å². The minimum Gasteiger partial charge on any atom is -0.323 e. The van der Waals surface area contributed by atoms with Crippen LogP contribution in [-0.2, 0) is 9.09 Å². The maximum atomic E-state index is 13.8. The summed E-state index contributed by atoms with van der Waals surface area (Å²) in [6.45, 7) is 4.43. The molecule has 2 rings (SSSR count). The van der Waals surface area contributed by atoms with Crippen LogP contribution in [0.3, 0.4) is 0 Å². The zero-order valence-corrected chi connectivity index (χ0v) is 15.0. The second-order valence-electron chi connectivity index (χ2n) is 5.73. The molecule has 1 heterocycles. The van der Waals surface area contributed by atoms with Gasteiger partial charge in [0.15, 0.2) is 0 Å². The quantitative estimate of drug-likeness (QED) is 0.334. The third kappa shape index (κ3) is 3.59. The smallest absolute Gasteiger partial charge is 0.323 e. The Morgan fingerprint density at radius 2 is 2.04 bits per heavy atom. The molecule has 2 N–H and O–H groups in total. The first kappa shape index (κ1) is 20.0. The predicted molar refractivity (Wildman–Crippen MR) is 90.8 cm³/mol. The van der Waals surface area contributed by atoms with Gasteiger partial charge in [0.05, 0.1) is 22.1 Å². The summed E-state index contributed by atoms with van der Waals surface area (Å²) in [7, 11) is -4.43. The number of hydrogen-bond donors (Lipinski definition) is 2. The van der Waals surface area contributed by atoms with Crippen molar-refractivity contribution in [2.75, 3.05) is 0 Å². The summed E-state index contributed by atoms with van der Waals surface area (Å²) in [6, 6.07) is 1.40. The first-order chi connectivity index (χ1) is 12.0. The Kier molecular flexibility index (Phi) is 5.45. The van der Waals surface area contributed by atoms with Crippen LogP contribution in [0.15, 0.2) is 21.7 Å². The summed E-state index contributed by atoms with van der Waals surface area (Å²) in [5.41, 5.74) is -3.82. The van der Waals surface area contributed by atoms with Crippen LogP contribution in [0.4, 0.5) is 10.1 Å². The van der Waals surface area contributed by atoms with Gasteiger partial charge in [-0.1, -0.05) is 6.92 Å². The molecule has 1 aromatic carbocycles. The maximum Gasteiger partial charge on any atom is 0.350 e. The summed E-state index contributed by atoms with van der Waals surface area (Å²) < 4.78 is 32.0. The normalized spacial score (nSPS) is 16.2. The van der Waals surface area contributed by atoms with Crippen LogP contribution >= 0.6 is 7.60 Å². The lowest BCUT2D eigenvalue weighted by molar-refractivity contribution is -0.387. The average molecular weight is 389 g/mol. The maximum absolute atomic E-state index is 13.8. The van der Waals surface area contributed by atoms with E-state index in [0.29, 0.717) is 17.1 Å². The van der Waals surface area contributed by atoms with Crippen molar-refractivity contribution < 1.29 is 23.3 Å². The standard InChI is InChI=1S/C14H17FN3O7P/c1-4-7(2)25-26(23,24)8(3)17-12-6-11(18(21)22)9(15)5-10(12)16-13(19)14(17)20/h5-8H,4H2,1-3H3,(H,16,19)(H,23,24). The Bertz CT molecular complexity index is 1030. The first-order valence-corrected chi connectivity index (χ1v) is 9.27. The molecule has 0 saturated heterocycles. The predicted octanol–water partition coefficient (Wildman–Crippen LogP) is 2.26. The fraction of sp³-hybridized carbons (Fsp3) is 0.429. The number of nitro groups is 1. The third-order valence-electron chi connectivity index (χ3n) is 3.93. The van der Waals surface area contributed by atoms with Crippen molar-refractivity contribution in [1.29, 1.82) is 0 Å². The van der Waals surface area contributed by atoms with Crippen molar-refractivity contribution in [2.45, 2.75) is 39.1 Å². The molecule has 3 unspecified atom stereocenters. The van der Waals surface area contributed by atoms with E-state index in [9.17, 15) is 33.6 Å². The van der Waals surface area contributed by atoms with Crippen LogP contribution < -0.4 is 11.1 Å². The highest BCUT2D eigenvalue weighted by Crippen LogP contribution is 2.55. The fourth-order valence-electron chi connectivity index (χ4n) is 2.32. The van der Waals surface area contributed by atoms with Crippen LogP contribution in [0.1, 0.15) is 33.0 Å². The highest BCUT2D eigenvalue weighted by molar-refractivity contribution is 7.52. The third-order valence-corrected chi connectivity index (χ3v) is 5.77. The number of nitrogens with one attached hydrogen (secondary N) is 1. The molecule has 0 saturated carbocycles. The second-order valence-corrected chi connectivity index (χ2v) is 7.81. The van der Waals surface area contributed by atoms with Gasteiger partial charge in [0.25, 0.3) is 0 Å². The molecule has 12 heteroatoms. The van der Waals surface area contributed by atoms with Gasteiger partial charge in [-0.25, -0.2) is 0 Å². The average Bonchev–Trinajstić information content (AvgIpc) is 2.54. The zero-order valence-electron chi connectivity index (χ0n) is 14.1. The van der Waals surface area contributed by atoms with E-state index in [1.54, 1.807) is 13.8 Å². The van der Waals surface area contributed by atoms with Crippen LogP contribution in [0.5, 0.6) is 0 Å². The molecule has 0 aliphatic carbocycles. The number of nitrogens with zero attached hydrogens (tertiary/aromatic N) is 2. The van der Waals surface area contributed by atoms with Crippen molar-refractivity contribution in [3.8, 4) is 0 Å². The molecule has 1 aromatic heterocycles. The van der Waals surface area contributed by atoms with Gasteiger partial charge >= 0.3 is 24.4 Å². The summed E-state index contributed by atoms with van der Waals surface area (Å²) in [6.07, 6.45) is -0.192. The summed E-state index contributed by atoms with van der Waals surface area (Å²) in [5.74, 6) is -2.75. The number of rotatable bonds is 6. The number of benzene rings is 1. The Labute approximate surface area is 145 Å². The minimum atomic E-state index is -4.43. The Morgan fingerprint density at radius 3 is 2.58 bits per heavy atom. The lowest BCUT2D eigenvalue weighted by atomic mass is 10.2. The Balaban J connectivity index is 2.80. The summed E-state index contributed by atoms with van der Waals surface area (Å²) >= 11 is 0. The van der Waals surface area contributed by atoms with Gasteiger partial charge in [-0.3, -0.25) is 28.8 Å². The molecule has 142 valence electrons. The molecule has 0 radical (unpaired) electrons. The van der Waals surface area contributed by atoms with E-state index in [0.717, 1.165) is 6.07 Å². The second kappa shape index (κ2) is 7.10. The molecule has 0 bridgehead atoms. The molecule has 0 aliphatic heterocycles. The van der Waals surface area contributed by atoms with Gasteiger partial charge in [0.2, 0.25) is 5.82 Å². The van der Waals surface area contributed by atoms with Crippen molar-refractivity contribution in [3.05, 3.63) is 48.8 Å². The number of H-pyrrole nitrogens is 1. The molecule has 0 spiro atoms. The van der Waals surface area contributed by atoms with E-state index in [4.69, 9.17) is 4.52 Å². The molecule has 0 fully saturated rings. The van der Waals surface area contributed by atoms with Crippen LogP contribution in [0, 0.1) is 15.9 Å². The van der Waals surface area contributed by atoms with Gasteiger partial charge in [-0.05, 0) is 20.3 Å². The van der Waals surface area contributed by atoms with Crippen molar-refractivity contribution in [2.24, 2.45) is 0 Å². The lowest BCUT2D eigenvalue weighted by Gasteiger charge is -2.24. The SMILES string of the molecule is CCC(C)OP(=O)(O)C(C)n1c(=O)c(=O)[nH]c2cc(F)c([N+](=O)[O-])cc21. The number of halogens is 1. The minimum absolute atomic E-state index is 0.229. The lowest BCUT2D eigenvalue weighted by Crippen LogP contribution is -2.38. The highest BCUT2D eigenvalue weighted by Gasteiger charge is 2.34. The van der Waals surface area contributed by atoms with E-state index in [2.05, 4.69) is 4.98 Å². The molecule has 0 aliphatic rings. The van der Waals surface area contributed by atoms with Gasteiger partial charge in [-0.2, -0.15) is 4.39 Å². The van der Waals surface area contributed by atoms with E-state index < -0.39 is 47.0 Å². The van der Waals surface area contributed by atoms with Gasteiger partial charge in [-0.15, -0.1) is 0 Å². The summed E-state index contributed by atoms with van der Waals surface area (Å²) in [4.78, 5) is 46.3. The number of fused-ring (bicyclic) bond motifs is 1. The Morgan fingerprint density at radius 1 is 1.42 bits per heavy atom. The molecule has 2 aromatic rings. The number of aromatic nitrogens is 2. The summed E-state index contributed by atoms with van der Waals surface area (Å²) in [5, 5.41) is 11.0. The monoisotopic (exact) mass is 389 g/mol. The largest absolute Gasteiger partial charge is 0.350 e. The number of aromatic amines is 1. The molecular formula is C14H17FN3O7P. The van der Waals surface area contributed by atoms with Crippen LogP contribution in [0.2, 0.25) is 0 Å². The zero-order chi connectivity index (χ0) is 19.8. The highest BCUT2D eigenvalue weighted by atomic mass is 31.2. The van der Waals surface area contributed by atoms with Crippen molar-refractivity contribution >= 4 is 24.3 Å². The molecule has 26 heavy (non-hydrogen) atoms. The van der Waals surface area contributed by atoms with Gasteiger partial charge in [0.1, 0.15) is 5.78 Å². The van der Waals surface area contributed by atoms with E-state index in [1.807, 2.05) is 0 Å². The van der Waals surface area contributed by atoms with E-state index in [-0.39, 0.29) is 11.0 Å². The Hall–Kier alpha value is -2.36. The van der Waals surface area contributed by atoms with Crippen LogP contribution in [-0.4, -0.2) is 25.5 Å². The van der Waals surface area contributed by atoms with E-state index >= 15 is 0 Å². The number of hydrogen-bond acceptors (Lipinski definition) is 6. The van der Waals surface area contributed by atoms with Gasteiger partial charge < -0.3 is 14.4 Å². The number of nitro benzene ring substituents is 1. The molecule has 10 nitrogen and oxygen atoms in total. The first-order valence-electron chi connectivity index (χ1n) is 7.63.